The Morgan fingerprint density at radius 3 is 2.53 bits per heavy atom. The molecule has 2 N–H and O–H groups in total. The number of halogens is 3. The van der Waals surface area contributed by atoms with Crippen LogP contribution in [0.15, 0.2) is 52.8 Å². The topological polar surface area (TPSA) is 104 Å². The summed E-state index contributed by atoms with van der Waals surface area (Å²) < 4.78 is 55.4. The molecule has 0 unspecified atom stereocenters. The van der Waals surface area contributed by atoms with E-state index in [0.29, 0.717) is 42.4 Å². The van der Waals surface area contributed by atoms with E-state index in [-0.39, 0.29) is 23.8 Å². The number of benzene rings is 1. The highest BCUT2D eigenvalue weighted by Crippen LogP contribution is 2.16. The Morgan fingerprint density at radius 1 is 1.21 bits per heavy atom. The second-order valence-electron chi connectivity index (χ2n) is 7.33. The van der Waals surface area contributed by atoms with Crippen LogP contribution in [0.5, 0.6) is 5.75 Å². The lowest BCUT2D eigenvalue weighted by atomic mass is 10.1. The highest BCUT2D eigenvalue weighted by molar-refractivity contribution is 7.85. The van der Waals surface area contributed by atoms with Crippen LogP contribution in [0.25, 0.3) is 0 Å². The number of amidine groups is 1. The van der Waals surface area contributed by atoms with Crippen molar-refractivity contribution >= 4 is 22.6 Å². The van der Waals surface area contributed by atoms with Crippen molar-refractivity contribution in [3.63, 3.8) is 0 Å². The Kier molecular flexibility index (Phi) is 8.77. The number of hydrogen-bond donors (Lipinski definition) is 2. The number of nitrogens with zero attached hydrogens (tertiary/aromatic N) is 3. The van der Waals surface area contributed by atoms with Gasteiger partial charge in [0.2, 0.25) is 0 Å². The van der Waals surface area contributed by atoms with Crippen LogP contribution in [0.1, 0.15) is 5.69 Å². The van der Waals surface area contributed by atoms with E-state index in [1.807, 2.05) is 4.90 Å². The molecule has 0 atom stereocenters. The molecule has 8 nitrogen and oxygen atoms in total. The maximum Gasteiger partial charge on any atom is 0.337 e. The van der Waals surface area contributed by atoms with E-state index in [2.05, 4.69) is 15.3 Å². The first kappa shape index (κ1) is 25.4. The summed E-state index contributed by atoms with van der Waals surface area (Å²) in [6.45, 7) is 1.63. The van der Waals surface area contributed by atoms with Gasteiger partial charge in [0.1, 0.15) is 23.1 Å². The number of carbonyl (C=O) groups is 1. The Morgan fingerprint density at radius 2 is 1.94 bits per heavy atom. The molecule has 3 heterocycles. The third-order valence-electron chi connectivity index (χ3n) is 4.95. The molecule has 2 aliphatic heterocycles. The zero-order valence-electron chi connectivity index (χ0n) is 18.3. The summed E-state index contributed by atoms with van der Waals surface area (Å²) in [5.74, 6) is -1.34. The fourth-order valence-corrected chi connectivity index (χ4v) is 4.34. The summed E-state index contributed by atoms with van der Waals surface area (Å²) in [5.41, 5.74) is 0.748. The number of methoxy groups -OCH3 is 1. The first-order valence-electron chi connectivity index (χ1n) is 10.2. The maximum absolute atomic E-state index is 14.0. The van der Waals surface area contributed by atoms with Crippen molar-refractivity contribution in [1.29, 1.82) is 0 Å². The summed E-state index contributed by atoms with van der Waals surface area (Å²) in [5, 5.41) is 11.5. The Hall–Kier alpha value is -3.25. The van der Waals surface area contributed by atoms with Crippen molar-refractivity contribution in [3.05, 3.63) is 70.9 Å². The third-order valence-corrected chi connectivity index (χ3v) is 6.23. The number of aromatic hydroxyl groups is 1. The standard InChI is InChI=1S/C16H18F2N4O3S.C6H5FO/c1-25-16(23)11-8-20-15(14-12(18)6-10(17)7-19-14)21-13(11)9-22-2-4-26(24)5-3-22;7-5-2-1-3-6(8)4-5/h6-7H,2-5,8-9H2,1H3,(H,20,21);1-4,8H. The van der Waals surface area contributed by atoms with E-state index in [9.17, 15) is 22.2 Å². The molecule has 0 amide bonds. The molecule has 12 heteroatoms. The van der Waals surface area contributed by atoms with Gasteiger partial charge in [-0.05, 0) is 12.1 Å². The smallest absolute Gasteiger partial charge is 0.337 e. The summed E-state index contributed by atoms with van der Waals surface area (Å²) >= 11 is 0. The van der Waals surface area contributed by atoms with Crippen molar-refractivity contribution in [2.45, 2.75) is 0 Å². The molecule has 0 radical (unpaired) electrons. The lowest BCUT2D eigenvalue weighted by molar-refractivity contribution is -0.136. The van der Waals surface area contributed by atoms with Gasteiger partial charge in [0, 0.05) is 59.8 Å². The predicted octanol–water partition coefficient (Wildman–Crippen LogP) is 1.73. The molecular formula is C22H23F3N4O4S. The lowest BCUT2D eigenvalue weighted by Gasteiger charge is -2.29. The van der Waals surface area contributed by atoms with Crippen molar-refractivity contribution in [2.75, 3.05) is 44.8 Å². The van der Waals surface area contributed by atoms with E-state index >= 15 is 0 Å². The number of nitrogens with one attached hydrogen (secondary N) is 1. The average molecular weight is 497 g/mol. The molecule has 1 saturated heterocycles. The molecule has 0 spiro atoms. The quantitative estimate of drug-likeness (QED) is 0.622. The Bertz CT molecular complexity index is 1120. The van der Waals surface area contributed by atoms with Gasteiger partial charge in [0.05, 0.1) is 25.4 Å². The zero-order chi connectivity index (χ0) is 24.7. The van der Waals surface area contributed by atoms with Crippen LogP contribution in [-0.2, 0) is 20.3 Å². The number of hydrogen-bond acceptors (Lipinski definition) is 8. The van der Waals surface area contributed by atoms with Crippen LogP contribution in [0.2, 0.25) is 0 Å². The monoisotopic (exact) mass is 496 g/mol. The average Bonchev–Trinajstić information content (AvgIpc) is 2.80. The number of pyridine rings is 1. The van der Waals surface area contributed by atoms with E-state index in [1.165, 1.54) is 25.3 Å². The first-order valence-corrected chi connectivity index (χ1v) is 11.7. The van der Waals surface area contributed by atoms with E-state index in [0.717, 1.165) is 18.3 Å². The van der Waals surface area contributed by atoms with Crippen molar-refractivity contribution in [2.24, 2.45) is 4.99 Å². The van der Waals surface area contributed by atoms with E-state index < -0.39 is 34.2 Å². The summed E-state index contributed by atoms with van der Waals surface area (Å²) in [6, 6.07) is 5.93. The predicted molar refractivity (Wildman–Crippen MR) is 120 cm³/mol. The summed E-state index contributed by atoms with van der Waals surface area (Å²) in [6.07, 6.45) is 0.905. The molecule has 0 saturated carbocycles. The highest BCUT2D eigenvalue weighted by Gasteiger charge is 2.26. The summed E-state index contributed by atoms with van der Waals surface area (Å²) in [4.78, 5) is 22.0. The molecule has 182 valence electrons. The van der Waals surface area contributed by atoms with Crippen LogP contribution >= 0.6 is 0 Å². The van der Waals surface area contributed by atoms with Gasteiger partial charge in [-0.2, -0.15) is 0 Å². The maximum atomic E-state index is 14.0. The molecule has 0 bridgehead atoms. The molecule has 2 aromatic rings. The zero-order valence-corrected chi connectivity index (χ0v) is 19.1. The van der Waals surface area contributed by atoms with Gasteiger partial charge in [-0.25, -0.2) is 22.9 Å². The minimum absolute atomic E-state index is 0.00259. The van der Waals surface area contributed by atoms with Gasteiger partial charge in [0.25, 0.3) is 0 Å². The minimum Gasteiger partial charge on any atom is -0.508 e. The van der Waals surface area contributed by atoms with Crippen LogP contribution in [0.4, 0.5) is 13.2 Å². The van der Waals surface area contributed by atoms with Gasteiger partial charge >= 0.3 is 5.97 Å². The fourth-order valence-electron chi connectivity index (χ4n) is 3.21. The number of rotatable bonds is 4. The van der Waals surface area contributed by atoms with E-state index in [4.69, 9.17) is 9.84 Å². The molecular weight excluding hydrogens is 473 g/mol. The van der Waals surface area contributed by atoms with Crippen molar-refractivity contribution < 1.29 is 32.0 Å². The lowest BCUT2D eigenvalue weighted by Crippen LogP contribution is -2.43. The molecule has 34 heavy (non-hydrogen) atoms. The summed E-state index contributed by atoms with van der Waals surface area (Å²) in [7, 11) is 0.458. The largest absolute Gasteiger partial charge is 0.508 e. The second-order valence-corrected chi connectivity index (χ2v) is 9.02. The number of ether oxygens (including phenoxy) is 1. The third kappa shape index (κ3) is 6.87. The molecule has 2 aliphatic rings. The molecule has 1 fully saturated rings. The second kappa shape index (κ2) is 11.7. The van der Waals surface area contributed by atoms with Crippen molar-refractivity contribution in [3.8, 4) is 5.75 Å². The number of phenolic OH excluding ortho intramolecular Hbond substituents is 1. The number of esters is 1. The molecule has 1 aromatic carbocycles. The Labute approximate surface area is 196 Å². The van der Waals surface area contributed by atoms with Crippen LogP contribution < -0.4 is 5.32 Å². The van der Waals surface area contributed by atoms with Crippen molar-refractivity contribution in [1.82, 2.24) is 15.2 Å². The fraction of sp³-hybridized carbons (Fsp3) is 0.318. The molecule has 0 aliphatic carbocycles. The normalized spacial score (nSPS) is 16.8. The number of aliphatic imine (C=N–C) groups is 1. The highest BCUT2D eigenvalue weighted by atomic mass is 32.2. The van der Waals surface area contributed by atoms with Gasteiger partial charge in [-0.15, -0.1) is 0 Å². The number of carbonyl (C=O) groups excluding carboxylic acids is 1. The number of aromatic nitrogens is 1. The molecule has 4 rings (SSSR count). The van der Waals surface area contributed by atoms with Gasteiger partial charge in [-0.1, -0.05) is 6.07 Å². The Balaban J connectivity index is 0.000000343. The van der Waals surface area contributed by atoms with Crippen LogP contribution in [0.3, 0.4) is 0 Å². The number of phenols is 1. The first-order chi connectivity index (χ1) is 16.3. The minimum atomic E-state index is -0.842. The van der Waals surface area contributed by atoms with E-state index in [1.54, 1.807) is 0 Å². The SMILES string of the molecule is COC(=O)C1=C(CN2CCS(=O)CC2)NC(c2ncc(F)cc2F)=NC1.Oc1cccc(F)c1. The van der Waals surface area contributed by atoms with Crippen LogP contribution in [0, 0.1) is 17.5 Å². The molecule has 1 aromatic heterocycles. The van der Waals surface area contributed by atoms with Gasteiger partial charge in [-0.3, -0.25) is 14.1 Å². The van der Waals surface area contributed by atoms with Gasteiger partial charge < -0.3 is 15.2 Å². The van der Waals surface area contributed by atoms with Crippen LogP contribution in [-0.4, -0.2) is 75.8 Å². The van der Waals surface area contributed by atoms with Gasteiger partial charge in [0.15, 0.2) is 11.7 Å².